The number of aromatic amines is 1. The van der Waals surface area contributed by atoms with Gasteiger partial charge >= 0.3 is 5.97 Å². The lowest BCUT2D eigenvalue weighted by Gasteiger charge is -2.14. The summed E-state index contributed by atoms with van der Waals surface area (Å²) in [7, 11) is 1.61. The highest BCUT2D eigenvalue weighted by Gasteiger charge is 2.17. The number of carbonyl (C=O) groups excluding carboxylic acids is 1. The molecule has 152 valence electrons. The van der Waals surface area contributed by atoms with Crippen LogP contribution in [0.3, 0.4) is 0 Å². The van der Waals surface area contributed by atoms with Crippen LogP contribution in [0.2, 0.25) is 0 Å². The second kappa shape index (κ2) is 9.14. The third-order valence-electron chi connectivity index (χ3n) is 4.29. The summed E-state index contributed by atoms with van der Waals surface area (Å²) >= 11 is 0. The van der Waals surface area contributed by atoms with Crippen LogP contribution in [-0.4, -0.2) is 31.3 Å². The smallest absolute Gasteiger partial charge is 0.343 e. The van der Waals surface area contributed by atoms with Crippen molar-refractivity contribution in [3.8, 4) is 17.2 Å². The van der Waals surface area contributed by atoms with Crippen LogP contribution >= 0.6 is 0 Å². The molecule has 7 heteroatoms. The van der Waals surface area contributed by atoms with E-state index in [0.29, 0.717) is 29.0 Å². The number of carbonyl (C=O) groups is 1. The Morgan fingerprint density at radius 1 is 1.00 bits per heavy atom. The van der Waals surface area contributed by atoms with E-state index in [1.807, 2.05) is 31.2 Å². The van der Waals surface area contributed by atoms with Crippen molar-refractivity contribution in [3.63, 3.8) is 0 Å². The largest absolute Gasteiger partial charge is 0.497 e. The van der Waals surface area contributed by atoms with Crippen molar-refractivity contribution in [1.82, 2.24) is 4.98 Å². The van der Waals surface area contributed by atoms with Crippen LogP contribution in [0.1, 0.15) is 29.8 Å². The van der Waals surface area contributed by atoms with E-state index in [9.17, 15) is 9.59 Å². The van der Waals surface area contributed by atoms with Gasteiger partial charge in [-0.25, -0.2) is 4.79 Å². The van der Waals surface area contributed by atoms with Gasteiger partial charge in [0.05, 0.1) is 31.2 Å². The molecule has 2 aromatic carbocycles. The average Bonchev–Trinajstić information content (AvgIpc) is 2.73. The van der Waals surface area contributed by atoms with Crippen LogP contribution in [0.5, 0.6) is 17.2 Å². The predicted octanol–water partition coefficient (Wildman–Crippen LogP) is 3.69. The normalized spacial score (nSPS) is 10.6. The van der Waals surface area contributed by atoms with E-state index >= 15 is 0 Å². The summed E-state index contributed by atoms with van der Waals surface area (Å²) in [6, 6.07) is 10.8. The number of aromatic nitrogens is 1. The highest BCUT2D eigenvalue weighted by molar-refractivity contribution is 5.94. The van der Waals surface area contributed by atoms with Gasteiger partial charge in [0, 0.05) is 12.3 Å². The van der Waals surface area contributed by atoms with Crippen molar-refractivity contribution in [3.05, 3.63) is 63.9 Å². The Labute approximate surface area is 168 Å². The number of nitrogens with one attached hydrogen (secondary N) is 1. The second-order valence-corrected chi connectivity index (χ2v) is 6.17. The van der Waals surface area contributed by atoms with Gasteiger partial charge in [-0.1, -0.05) is 12.1 Å². The monoisotopic (exact) mass is 397 g/mol. The second-order valence-electron chi connectivity index (χ2n) is 6.17. The lowest BCUT2D eigenvalue weighted by atomic mass is 10.1. The molecule has 3 rings (SSSR count). The molecular weight excluding hydrogens is 374 g/mol. The lowest BCUT2D eigenvalue weighted by Crippen LogP contribution is -2.18. The molecule has 0 spiro atoms. The minimum atomic E-state index is -0.662. The highest BCUT2D eigenvalue weighted by atomic mass is 16.5. The zero-order valence-corrected chi connectivity index (χ0v) is 16.6. The maximum absolute atomic E-state index is 12.8. The van der Waals surface area contributed by atoms with Crippen molar-refractivity contribution in [1.29, 1.82) is 0 Å². The molecule has 0 saturated heterocycles. The van der Waals surface area contributed by atoms with Crippen LogP contribution in [0.25, 0.3) is 10.9 Å². The molecule has 0 fully saturated rings. The number of pyridine rings is 1. The fourth-order valence-corrected chi connectivity index (χ4v) is 2.85. The maximum atomic E-state index is 12.8. The summed E-state index contributed by atoms with van der Waals surface area (Å²) in [5.41, 5.74) is 1.00. The Bertz CT molecular complexity index is 1060. The van der Waals surface area contributed by atoms with E-state index in [1.54, 1.807) is 26.2 Å². The topological polar surface area (TPSA) is 86.9 Å². The van der Waals surface area contributed by atoms with Crippen molar-refractivity contribution in [2.75, 3.05) is 20.3 Å². The third kappa shape index (κ3) is 4.51. The number of H-pyrrole nitrogens is 1. The van der Waals surface area contributed by atoms with Gasteiger partial charge in [-0.3, -0.25) is 4.79 Å². The predicted molar refractivity (Wildman–Crippen MR) is 109 cm³/mol. The van der Waals surface area contributed by atoms with E-state index in [0.717, 1.165) is 11.3 Å². The Morgan fingerprint density at radius 2 is 1.72 bits per heavy atom. The molecule has 0 aliphatic rings. The molecule has 0 unspecified atom stereocenters. The molecule has 1 N–H and O–H groups in total. The van der Waals surface area contributed by atoms with Crippen molar-refractivity contribution in [2.45, 2.75) is 20.5 Å². The zero-order valence-electron chi connectivity index (χ0n) is 16.6. The van der Waals surface area contributed by atoms with E-state index in [2.05, 4.69) is 4.98 Å². The van der Waals surface area contributed by atoms with Gasteiger partial charge in [-0.15, -0.1) is 0 Å². The number of hydrogen-bond donors (Lipinski definition) is 1. The number of fused-ring (bicyclic) bond motifs is 1. The molecule has 1 aromatic heterocycles. The zero-order chi connectivity index (χ0) is 20.8. The number of methoxy groups -OCH3 is 1. The molecule has 0 aliphatic carbocycles. The number of benzene rings is 2. The van der Waals surface area contributed by atoms with Crippen LogP contribution in [0.4, 0.5) is 0 Å². The molecular formula is C22H23NO6. The molecule has 29 heavy (non-hydrogen) atoms. The summed E-state index contributed by atoms with van der Waals surface area (Å²) in [5.74, 6) is 1.02. The SMILES string of the molecule is CCOC(=O)c1c[nH]c2cc(OCC)c(OCc3ccc(OC)cc3)cc2c1=O. The first-order chi connectivity index (χ1) is 14.1. The number of esters is 1. The summed E-state index contributed by atoms with van der Waals surface area (Å²) < 4.78 is 21.7. The van der Waals surface area contributed by atoms with Crippen LogP contribution in [0.15, 0.2) is 47.4 Å². The minimum absolute atomic E-state index is 0.0513. The van der Waals surface area contributed by atoms with Gasteiger partial charge in [0.25, 0.3) is 0 Å². The van der Waals surface area contributed by atoms with Gasteiger partial charge in [-0.2, -0.15) is 0 Å². The molecule has 0 amide bonds. The molecule has 0 bridgehead atoms. The molecule has 0 saturated carbocycles. The Morgan fingerprint density at radius 3 is 2.38 bits per heavy atom. The van der Waals surface area contributed by atoms with Crippen molar-refractivity contribution in [2.24, 2.45) is 0 Å². The standard InChI is InChI=1S/C22H23NO6/c1-4-27-20-11-18-16(21(24)17(12-23-18)22(25)28-5-2)10-19(20)29-13-14-6-8-15(26-3)9-7-14/h6-12H,4-5,13H2,1-3H3,(H,23,24). The van der Waals surface area contributed by atoms with Crippen LogP contribution in [-0.2, 0) is 11.3 Å². The number of hydrogen-bond acceptors (Lipinski definition) is 6. The summed E-state index contributed by atoms with van der Waals surface area (Å²) in [6.45, 7) is 4.47. The quantitative estimate of drug-likeness (QED) is 0.584. The Hall–Kier alpha value is -3.48. The fourth-order valence-electron chi connectivity index (χ4n) is 2.85. The molecule has 0 aliphatic heterocycles. The van der Waals surface area contributed by atoms with Gasteiger partial charge in [-0.05, 0) is 37.6 Å². The van der Waals surface area contributed by atoms with Gasteiger partial charge in [0.1, 0.15) is 17.9 Å². The molecule has 3 aromatic rings. The van der Waals surface area contributed by atoms with Gasteiger partial charge < -0.3 is 23.9 Å². The van der Waals surface area contributed by atoms with Gasteiger partial charge in [0.15, 0.2) is 11.5 Å². The van der Waals surface area contributed by atoms with E-state index in [4.69, 9.17) is 18.9 Å². The number of ether oxygens (including phenoxy) is 4. The molecule has 1 heterocycles. The fraction of sp³-hybridized carbons (Fsp3) is 0.273. The first-order valence-corrected chi connectivity index (χ1v) is 9.32. The molecule has 0 atom stereocenters. The van der Waals surface area contributed by atoms with E-state index < -0.39 is 11.4 Å². The van der Waals surface area contributed by atoms with Crippen molar-refractivity contribution < 1.29 is 23.7 Å². The van der Waals surface area contributed by atoms with Crippen LogP contribution in [0, 0.1) is 0 Å². The first kappa shape index (κ1) is 20.3. The van der Waals surface area contributed by atoms with Crippen LogP contribution < -0.4 is 19.6 Å². The van der Waals surface area contributed by atoms with Crippen molar-refractivity contribution >= 4 is 16.9 Å². The van der Waals surface area contributed by atoms with E-state index in [1.165, 1.54) is 6.20 Å². The molecule has 0 radical (unpaired) electrons. The summed E-state index contributed by atoms with van der Waals surface area (Å²) in [6.07, 6.45) is 1.36. The van der Waals surface area contributed by atoms with E-state index in [-0.39, 0.29) is 18.8 Å². The summed E-state index contributed by atoms with van der Waals surface area (Å²) in [5, 5.41) is 0.323. The minimum Gasteiger partial charge on any atom is -0.497 e. The van der Waals surface area contributed by atoms with Gasteiger partial charge in [0.2, 0.25) is 5.43 Å². The Balaban J connectivity index is 1.96. The first-order valence-electron chi connectivity index (χ1n) is 9.32. The maximum Gasteiger partial charge on any atom is 0.343 e. The summed E-state index contributed by atoms with van der Waals surface area (Å²) in [4.78, 5) is 27.8. The Kier molecular flexibility index (Phi) is 6.39. The number of rotatable bonds is 8. The third-order valence-corrected chi connectivity index (χ3v) is 4.29. The average molecular weight is 397 g/mol. The molecule has 7 nitrogen and oxygen atoms in total. The lowest BCUT2D eigenvalue weighted by molar-refractivity contribution is 0.0524. The highest BCUT2D eigenvalue weighted by Crippen LogP contribution is 2.32.